The number of aromatic nitrogens is 2. The molecule has 4 nitrogen and oxygen atoms in total. The topological polar surface area (TPSA) is 49.9 Å². The third kappa shape index (κ3) is 0.630. The fourth-order valence-corrected chi connectivity index (χ4v) is 0.849. The highest BCUT2D eigenvalue weighted by atomic mass is 16.5. The molecule has 0 spiro atoms. The van der Waals surface area contributed by atoms with Gasteiger partial charge in [0, 0.05) is 6.54 Å². The first-order valence-corrected chi connectivity index (χ1v) is 2.87. The summed E-state index contributed by atoms with van der Waals surface area (Å²) < 4.78 is 5.18. The number of H-pyrrole nitrogens is 1. The van der Waals surface area contributed by atoms with E-state index in [0.717, 1.165) is 24.7 Å². The van der Waals surface area contributed by atoms with Crippen molar-refractivity contribution in [3.8, 4) is 5.88 Å². The van der Waals surface area contributed by atoms with E-state index in [0.29, 0.717) is 0 Å². The molecule has 2 N–H and O–H groups in total. The van der Waals surface area contributed by atoms with E-state index in [-0.39, 0.29) is 0 Å². The smallest absolute Gasteiger partial charge is 0.233 e. The fourth-order valence-electron chi connectivity index (χ4n) is 0.849. The zero-order chi connectivity index (χ0) is 6.10. The van der Waals surface area contributed by atoms with Gasteiger partial charge in [-0.25, -0.2) is 5.10 Å². The predicted octanol–water partition coefficient (Wildman–Crippen LogP) is 0.214. The minimum atomic E-state index is 0.717. The van der Waals surface area contributed by atoms with Gasteiger partial charge in [-0.05, 0) is 0 Å². The molecule has 0 radical (unpaired) electrons. The number of aromatic amines is 1. The van der Waals surface area contributed by atoms with Gasteiger partial charge < -0.3 is 10.1 Å². The van der Waals surface area contributed by atoms with E-state index < -0.39 is 0 Å². The van der Waals surface area contributed by atoms with Crippen molar-refractivity contribution in [2.75, 3.05) is 18.5 Å². The molecule has 2 rings (SSSR count). The van der Waals surface area contributed by atoms with Crippen LogP contribution in [0.15, 0.2) is 6.20 Å². The van der Waals surface area contributed by atoms with Gasteiger partial charge in [-0.2, -0.15) is 5.10 Å². The highest BCUT2D eigenvalue weighted by Crippen LogP contribution is 2.21. The molecule has 0 amide bonds. The summed E-state index contributed by atoms with van der Waals surface area (Å²) in [6, 6.07) is 0. The summed E-state index contributed by atoms with van der Waals surface area (Å²) in [5, 5.41) is 9.64. The van der Waals surface area contributed by atoms with Crippen molar-refractivity contribution in [2.45, 2.75) is 0 Å². The SMILES string of the molecule is c1n[nH]c2c1NCCO2. The average molecular weight is 125 g/mol. The standard InChI is InChI=1S/C5H7N3O/c1-2-9-5-4(6-1)3-7-8-5/h3,6H,1-2H2,(H,7,8). The second kappa shape index (κ2) is 1.65. The molecule has 0 unspecified atom stereocenters. The quantitative estimate of drug-likeness (QED) is 0.521. The van der Waals surface area contributed by atoms with Crippen LogP contribution in [0.5, 0.6) is 5.88 Å². The van der Waals surface area contributed by atoms with Gasteiger partial charge in [0.05, 0.1) is 6.20 Å². The van der Waals surface area contributed by atoms with E-state index >= 15 is 0 Å². The average Bonchev–Trinajstić information content (AvgIpc) is 2.33. The monoisotopic (exact) mass is 125 g/mol. The number of anilines is 1. The molecule has 9 heavy (non-hydrogen) atoms. The molecule has 0 fully saturated rings. The lowest BCUT2D eigenvalue weighted by molar-refractivity contribution is 0.310. The van der Waals surface area contributed by atoms with Crippen LogP contribution in [0.25, 0.3) is 0 Å². The molecule has 0 saturated heterocycles. The first-order chi connectivity index (χ1) is 4.47. The van der Waals surface area contributed by atoms with Crippen LogP contribution in [0.2, 0.25) is 0 Å². The van der Waals surface area contributed by atoms with Crippen LogP contribution >= 0.6 is 0 Å². The summed E-state index contributed by atoms with van der Waals surface area (Å²) in [4.78, 5) is 0. The van der Waals surface area contributed by atoms with Crippen molar-refractivity contribution >= 4 is 5.69 Å². The normalized spacial score (nSPS) is 15.6. The number of hydrogen-bond acceptors (Lipinski definition) is 3. The van der Waals surface area contributed by atoms with Crippen LogP contribution in [-0.4, -0.2) is 23.3 Å². The number of nitrogens with zero attached hydrogens (tertiary/aromatic N) is 1. The van der Waals surface area contributed by atoms with Crippen LogP contribution in [0.4, 0.5) is 5.69 Å². The van der Waals surface area contributed by atoms with Gasteiger partial charge in [0.1, 0.15) is 12.3 Å². The Bertz CT molecular complexity index is 187. The third-order valence-corrected chi connectivity index (χ3v) is 1.27. The lowest BCUT2D eigenvalue weighted by Gasteiger charge is -2.12. The van der Waals surface area contributed by atoms with Crippen LogP contribution in [-0.2, 0) is 0 Å². The first-order valence-electron chi connectivity index (χ1n) is 2.87. The molecule has 0 aromatic carbocycles. The zero-order valence-corrected chi connectivity index (χ0v) is 4.85. The molecule has 2 heterocycles. The van der Waals surface area contributed by atoms with Gasteiger partial charge in [0.2, 0.25) is 5.88 Å². The molecule has 0 atom stereocenters. The Morgan fingerprint density at radius 1 is 1.67 bits per heavy atom. The Balaban J connectivity index is 2.39. The molecule has 1 aliphatic heterocycles. The zero-order valence-electron chi connectivity index (χ0n) is 4.85. The number of rotatable bonds is 0. The Morgan fingerprint density at radius 2 is 2.67 bits per heavy atom. The second-order valence-electron chi connectivity index (χ2n) is 1.89. The summed E-state index contributed by atoms with van der Waals surface area (Å²) in [5.41, 5.74) is 0.959. The van der Waals surface area contributed by atoms with Gasteiger partial charge in [0.15, 0.2) is 0 Å². The Hall–Kier alpha value is -1.19. The minimum absolute atomic E-state index is 0.717. The molecule has 4 heteroatoms. The highest BCUT2D eigenvalue weighted by molar-refractivity contribution is 5.51. The van der Waals surface area contributed by atoms with E-state index in [4.69, 9.17) is 4.74 Å². The molecule has 1 aromatic heterocycles. The van der Waals surface area contributed by atoms with Crippen molar-refractivity contribution in [3.63, 3.8) is 0 Å². The highest BCUT2D eigenvalue weighted by Gasteiger charge is 2.09. The molecule has 0 bridgehead atoms. The lowest BCUT2D eigenvalue weighted by Crippen LogP contribution is -2.16. The number of ether oxygens (including phenoxy) is 1. The van der Waals surface area contributed by atoms with Crippen molar-refractivity contribution in [1.29, 1.82) is 0 Å². The summed E-state index contributed by atoms with van der Waals surface area (Å²) in [5.74, 6) is 0.751. The van der Waals surface area contributed by atoms with Gasteiger partial charge in [-0.3, -0.25) is 0 Å². The van der Waals surface area contributed by atoms with Crippen molar-refractivity contribution < 1.29 is 4.74 Å². The van der Waals surface area contributed by atoms with Crippen molar-refractivity contribution in [1.82, 2.24) is 10.2 Å². The second-order valence-corrected chi connectivity index (χ2v) is 1.89. The molecular formula is C5H7N3O. The Labute approximate surface area is 52.2 Å². The summed E-state index contributed by atoms with van der Waals surface area (Å²) in [6.45, 7) is 1.59. The molecule has 1 aromatic rings. The van der Waals surface area contributed by atoms with E-state index in [2.05, 4.69) is 15.5 Å². The van der Waals surface area contributed by atoms with Gasteiger partial charge in [0.25, 0.3) is 0 Å². The summed E-state index contributed by atoms with van der Waals surface area (Å²) >= 11 is 0. The molecular weight excluding hydrogens is 118 g/mol. The van der Waals surface area contributed by atoms with E-state index in [9.17, 15) is 0 Å². The minimum Gasteiger partial charge on any atom is -0.475 e. The predicted molar refractivity (Wildman–Crippen MR) is 32.6 cm³/mol. The molecule has 0 saturated carbocycles. The van der Waals surface area contributed by atoms with Gasteiger partial charge in [-0.15, -0.1) is 0 Å². The Morgan fingerprint density at radius 3 is 3.56 bits per heavy atom. The van der Waals surface area contributed by atoms with Crippen LogP contribution in [0.3, 0.4) is 0 Å². The van der Waals surface area contributed by atoms with Crippen LogP contribution < -0.4 is 10.1 Å². The molecule has 48 valence electrons. The van der Waals surface area contributed by atoms with Gasteiger partial charge in [-0.1, -0.05) is 0 Å². The maximum Gasteiger partial charge on any atom is 0.233 e. The van der Waals surface area contributed by atoms with E-state index in [1.54, 1.807) is 6.20 Å². The lowest BCUT2D eigenvalue weighted by atomic mass is 10.5. The third-order valence-electron chi connectivity index (χ3n) is 1.27. The number of fused-ring (bicyclic) bond motifs is 1. The first kappa shape index (κ1) is 4.67. The number of nitrogens with one attached hydrogen (secondary N) is 2. The van der Waals surface area contributed by atoms with Gasteiger partial charge >= 0.3 is 0 Å². The summed E-state index contributed by atoms with van der Waals surface area (Å²) in [6.07, 6.45) is 1.72. The van der Waals surface area contributed by atoms with Crippen LogP contribution in [0, 0.1) is 0 Å². The largest absolute Gasteiger partial charge is 0.475 e. The summed E-state index contributed by atoms with van der Waals surface area (Å²) in [7, 11) is 0. The van der Waals surface area contributed by atoms with E-state index in [1.165, 1.54) is 0 Å². The maximum atomic E-state index is 5.18. The van der Waals surface area contributed by atoms with E-state index in [1.807, 2.05) is 0 Å². The molecule has 1 aliphatic rings. The van der Waals surface area contributed by atoms with Crippen molar-refractivity contribution in [2.24, 2.45) is 0 Å². The fraction of sp³-hybridized carbons (Fsp3) is 0.400. The molecule has 0 aliphatic carbocycles. The number of hydrogen-bond donors (Lipinski definition) is 2. The maximum absolute atomic E-state index is 5.18. The van der Waals surface area contributed by atoms with Crippen molar-refractivity contribution in [3.05, 3.63) is 6.20 Å². The Kier molecular flexibility index (Phi) is 0.855. The van der Waals surface area contributed by atoms with Crippen LogP contribution in [0.1, 0.15) is 0 Å².